The average Bonchev–Trinajstić information content (AvgIpc) is 2.70. The average molecular weight is 415 g/mol. The maximum atomic E-state index is 13.8. The molecule has 0 saturated carbocycles. The fourth-order valence-electron chi connectivity index (χ4n) is 2.69. The lowest BCUT2D eigenvalue weighted by Crippen LogP contribution is -2.30. The molecule has 0 aliphatic heterocycles. The number of para-hydroxylation sites is 1. The van der Waals surface area contributed by atoms with Gasteiger partial charge in [-0.3, -0.25) is 0 Å². The smallest absolute Gasteiger partial charge is 0.149 e. The number of hydrogen-bond donors (Lipinski definition) is 3. The molecular formula is C21H23F2N5O2. The Morgan fingerprint density at radius 1 is 1.00 bits per heavy atom. The Hall–Kier alpha value is -3.30. The van der Waals surface area contributed by atoms with Gasteiger partial charge >= 0.3 is 0 Å². The van der Waals surface area contributed by atoms with Crippen molar-refractivity contribution in [2.24, 2.45) is 0 Å². The number of ether oxygens (including phenoxy) is 1. The molecule has 1 heterocycles. The highest BCUT2D eigenvalue weighted by atomic mass is 19.1. The molecule has 158 valence electrons. The van der Waals surface area contributed by atoms with E-state index in [-0.39, 0.29) is 18.1 Å². The summed E-state index contributed by atoms with van der Waals surface area (Å²) in [5.74, 6) is -0.118. The first kappa shape index (κ1) is 21.4. The predicted molar refractivity (Wildman–Crippen MR) is 111 cm³/mol. The Morgan fingerprint density at radius 3 is 2.27 bits per heavy atom. The van der Waals surface area contributed by atoms with Gasteiger partial charge in [0.1, 0.15) is 53.7 Å². The number of aromatic nitrogens is 2. The minimum Gasteiger partial charge on any atom is -0.491 e. The third kappa shape index (κ3) is 6.10. The largest absolute Gasteiger partial charge is 0.491 e. The van der Waals surface area contributed by atoms with Crippen molar-refractivity contribution in [3.8, 4) is 5.75 Å². The van der Waals surface area contributed by atoms with Gasteiger partial charge in [0.2, 0.25) is 0 Å². The number of likely N-dealkylation sites (N-methyl/N-ethyl adjacent to an activating group) is 1. The van der Waals surface area contributed by atoms with Crippen molar-refractivity contribution in [3.05, 3.63) is 66.5 Å². The van der Waals surface area contributed by atoms with Crippen LogP contribution in [0.3, 0.4) is 0 Å². The zero-order chi connectivity index (χ0) is 21.5. The SMILES string of the molecule is CN(C)C[C@@H](O)COc1ccc(Nc2cc(Nc3c(F)cccc3F)ncn2)cc1. The van der Waals surface area contributed by atoms with Crippen molar-refractivity contribution in [1.82, 2.24) is 14.9 Å². The molecule has 0 spiro atoms. The normalized spacial score (nSPS) is 11.9. The molecule has 0 amide bonds. The highest BCUT2D eigenvalue weighted by Gasteiger charge is 2.10. The van der Waals surface area contributed by atoms with E-state index in [1.165, 1.54) is 18.5 Å². The van der Waals surface area contributed by atoms with Gasteiger partial charge in [0, 0.05) is 18.3 Å². The number of anilines is 4. The Bertz CT molecular complexity index is 950. The van der Waals surface area contributed by atoms with E-state index in [4.69, 9.17) is 4.74 Å². The first-order valence-electron chi connectivity index (χ1n) is 9.26. The van der Waals surface area contributed by atoms with E-state index < -0.39 is 17.7 Å². The minimum atomic E-state index is -0.714. The Morgan fingerprint density at radius 2 is 1.63 bits per heavy atom. The van der Waals surface area contributed by atoms with Gasteiger partial charge in [0.25, 0.3) is 0 Å². The molecule has 0 bridgehead atoms. The zero-order valence-corrected chi connectivity index (χ0v) is 16.6. The Balaban J connectivity index is 1.61. The summed E-state index contributed by atoms with van der Waals surface area (Å²) in [5.41, 5.74) is 0.456. The molecule has 3 rings (SSSR count). The van der Waals surface area contributed by atoms with Gasteiger partial charge in [0.15, 0.2) is 0 Å². The lowest BCUT2D eigenvalue weighted by Gasteiger charge is -2.16. The van der Waals surface area contributed by atoms with Gasteiger partial charge in [-0.2, -0.15) is 0 Å². The van der Waals surface area contributed by atoms with Crippen molar-refractivity contribution < 1.29 is 18.6 Å². The summed E-state index contributed by atoms with van der Waals surface area (Å²) in [6.45, 7) is 0.707. The van der Waals surface area contributed by atoms with E-state index in [9.17, 15) is 13.9 Å². The number of rotatable bonds is 9. The fourth-order valence-corrected chi connectivity index (χ4v) is 2.69. The van der Waals surface area contributed by atoms with Crippen LogP contribution in [0.15, 0.2) is 54.9 Å². The van der Waals surface area contributed by atoms with Crippen LogP contribution in [0.2, 0.25) is 0 Å². The minimum absolute atomic E-state index is 0.193. The van der Waals surface area contributed by atoms with Gasteiger partial charge in [-0.05, 0) is 50.5 Å². The van der Waals surface area contributed by atoms with Crippen molar-refractivity contribution in [1.29, 1.82) is 0 Å². The summed E-state index contributed by atoms with van der Waals surface area (Å²) >= 11 is 0. The molecule has 0 aliphatic carbocycles. The topological polar surface area (TPSA) is 82.5 Å². The number of nitrogens with zero attached hydrogens (tertiary/aromatic N) is 3. The molecule has 9 heteroatoms. The molecule has 1 aromatic heterocycles. The van der Waals surface area contributed by atoms with Crippen LogP contribution in [0, 0.1) is 11.6 Å². The third-order valence-corrected chi connectivity index (χ3v) is 4.03. The van der Waals surface area contributed by atoms with E-state index in [1.807, 2.05) is 19.0 Å². The van der Waals surface area contributed by atoms with E-state index >= 15 is 0 Å². The molecular weight excluding hydrogens is 392 g/mol. The van der Waals surface area contributed by atoms with Gasteiger partial charge in [0.05, 0.1) is 0 Å². The van der Waals surface area contributed by atoms with Crippen LogP contribution in [0.4, 0.5) is 31.8 Å². The lowest BCUT2D eigenvalue weighted by atomic mass is 10.3. The van der Waals surface area contributed by atoms with Crippen LogP contribution in [-0.4, -0.2) is 53.3 Å². The lowest BCUT2D eigenvalue weighted by molar-refractivity contribution is 0.0831. The summed E-state index contributed by atoms with van der Waals surface area (Å²) in [7, 11) is 3.76. The van der Waals surface area contributed by atoms with Crippen molar-refractivity contribution in [3.63, 3.8) is 0 Å². The molecule has 0 saturated heterocycles. The summed E-state index contributed by atoms with van der Waals surface area (Å²) in [6.07, 6.45) is 0.705. The predicted octanol–water partition coefficient (Wildman–Crippen LogP) is 3.54. The number of nitrogens with one attached hydrogen (secondary N) is 2. The van der Waals surface area contributed by atoms with Gasteiger partial charge in [-0.1, -0.05) is 6.07 Å². The molecule has 7 nitrogen and oxygen atoms in total. The second-order valence-electron chi connectivity index (χ2n) is 6.89. The van der Waals surface area contributed by atoms with Crippen LogP contribution in [0.25, 0.3) is 0 Å². The number of aliphatic hydroxyl groups excluding tert-OH is 1. The first-order valence-corrected chi connectivity index (χ1v) is 9.26. The van der Waals surface area contributed by atoms with E-state index in [1.54, 1.807) is 24.3 Å². The van der Waals surface area contributed by atoms with E-state index in [2.05, 4.69) is 20.6 Å². The Labute approximate surface area is 173 Å². The fraction of sp³-hybridized carbons (Fsp3) is 0.238. The zero-order valence-electron chi connectivity index (χ0n) is 16.6. The van der Waals surface area contributed by atoms with Crippen LogP contribution in [-0.2, 0) is 0 Å². The molecule has 3 aromatic rings. The molecule has 30 heavy (non-hydrogen) atoms. The number of aliphatic hydroxyl groups is 1. The van der Waals surface area contributed by atoms with Crippen molar-refractivity contribution in [2.75, 3.05) is 37.9 Å². The standard InChI is InChI=1S/C21H23F2N5O2/c1-28(2)11-15(29)12-30-16-8-6-14(7-9-16)26-19-10-20(25-13-24-19)27-21-17(22)4-3-5-18(21)23/h3-10,13,15,29H,11-12H2,1-2H3,(H2,24,25,26,27)/t15-/m1/s1. The monoisotopic (exact) mass is 415 g/mol. The highest BCUT2D eigenvalue weighted by Crippen LogP contribution is 2.24. The highest BCUT2D eigenvalue weighted by molar-refractivity contribution is 5.63. The second kappa shape index (κ2) is 9.95. The number of benzene rings is 2. The molecule has 0 fully saturated rings. The van der Waals surface area contributed by atoms with Crippen LogP contribution >= 0.6 is 0 Å². The molecule has 0 unspecified atom stereocenters. The molecule has 1 atom stereocenters. The maximum Gasteiger partial charge on any atom is 0.149 e. The van der Waals surface area contributed by atoms with Gasteiger partial charge in [-0.15, -0.1) is 0 Å². The van der Waals surface area contributed by atoms with Crippen LogP contribution in [0.5, 0.6) is 5.75 Å². The van der Waals surface area contributed by atoms with Crippen LogP contribution < -0.4 is 15.4 Å². The third-order valence-electron chi connectivity index (χ3n) is 4.03. The Kier molecular flexibility index (Phi) is 7.10. The number of hydrogen-bond acceptors (Lipinski definition) is 7. The maximum absolute atomic E-state index is 13.8. The first-order chi connectivity index (χ1) is 14.4. The molecule has 0 radical (unpaired) electrons. The molecule has 2 aromatic carbocycles. The summed E-state index contributed by atoms with van der Waals surface area (Å²) < 4.78 is 33.2. The van der Waals surface area contributed by atoms with Gasteiger partial charge < -0.3 is 25.4 Å². The molecule has 3 N–H and O–H groups in total. The van der Waals surface area contributed by atoms with Gasteiger partial charge in [-0.25, -0.2) is 18.7 Å². The summed E-state index contributed by atoms with van der Waals surface area (Å²) in [5, 5.41) is 15.6. The summed E-state index contributed by atoms with van der Waals surface area (Å²) in [4.78, 5) is 9.98. The van der Waals surface area contributed by atoms with E-state index in [0.29, 0.717) is 18.1 Å². The van der Waals surface area contributed by atoms with Crippen molar-refractivity contribution in [2.45, 2.75) is 6.10 Å². The second-order valence-corrected chi connectivity index (χ2v) is 6.89. The molecule has 0 aliphatic rings. The summed E-state index contributed by atoms with van der Waals surface area (Å²) in [6, 6.07) is 12.3. The van der Waals surface area contributed by atoms with E-state index in [0.717, 1.165) is 17.8 Å². The number of halogens is 2. The van der Waals surface area contributed by atoms with Crippen molar-refractivity contribution >= 4 is 23.0 Å². The van der Waals surface area contributed by atoms with Crippen LogP contribution in [0.1, 0.15) is 0 Å². The quantitative estimate of drug-likeness (QED) is 0.493.